The van der Waals surface area contributed by atoms with Gasteiger partial charge in [-0.1, -0.05) is 47.5 Å². The van der Waals surface area contributed by atoms with Gasteiger partial charge < -0.3 is 5.32 Å². The van der Waals surface area contributed by atoms with E-state index in [-0.39, 0.29) is 5.91 Å². The Morgan fingerprint density at radius 3 is 2.35 bits per heavy atom. The van der Waals surface area contributed by atoms with Gasteiger partial charge in [0.1, 0.15) is 0 Å². The molecule has 0 aliphatic carbocycles. The Morgan fingerprint density at radius 2 is 1.70 bits per heavy atom. The number of aryl methyl sites for hydroxylation is 2. The maximum atomic E-state index is 11.8. The van der Waals surface area contributed by atoms with Crippen LogP contribution in [0.5, 0.6) is 0 Å². The molecule has 0 saturated carbocycles. The van der Waals surface area contributed by atoms with Crippen molar-refractivity contribution in [3.8, 4) is 0 Å². The molecule has 0 heterocycles. The quantitative estimate of drug-likeness (QED) is 0.893. The Balaban J connectivity index is 1.79. The number of hydrogen-bond donors (Lipinski definition) is 1. The van der Waals surface area contributed by atoms with Crippen LogP contribution in [-0.4, -0.2) is 11.7 Å². The molecule has 2 nitrogen and oxygen atoms in total. The number of thioether (sulfide) groups is 1. The van der Waals surface area contributed by atoms with Crippen LogP contribution in [0.2, 0.25) is 0 Å². The SMILES string of the molecule is Cc1cc(C)cc(CSCC(=O)Nc2ccccc2)c1. The van der Waals surface area contributed by atoms with Crippen LogP contribution in [0.4, 0.5) is 5.69 Å². The van der Waals surface area contributed by atoms with E-state index in [9.17, 15) is 4.79 Å². The minimum atomic E-state index is 0.0468. The number of carbonyl (C=O) groups excluding carboxylic acids is 1. The minimum absolute atomic E-state index is 0.0468. The van der Waals surface area contributed by atoms with Gasteiger partial charge in [-0.3, -0.25) is 4.79 Å². The molecule has 3 heteroatoms. The van der Waals surface area contributed by atoms with E-state index >= 15 is 0 Å². The molecule has 1 N–H and O–H groups in total. The first-order chi connectivity index (χ1) is 9.63. The van der Waals surface area contributed by atoms with Gasteiger partial charge in [-0.2, -0.15) is 0 Å². The molecule has 0 aliphatic heterocycles. The molecule has 0 aliphatic rings. The summed E-state index contributed by atoms with van der Waals surface area (Å²) in [6.07, 6.45) is 0. The fourth-order valence-electron chi connectivity index (χ4n) is 2.13. The molecule has 0 radical (unpaired) electrons. The number of anilines is 1. The van der Waals surface area contributed by atoms with Crippen molar-refractivity contribution in [2.75, 3.05) is 11.1 Å². The first-order valence-corrected chi connectivity index (χ1v) is 7.79. The van der Waals surface area contributed by atoms with Crippen LogP contribution in [0.25, 0.3) is 0 Å². The lowest BCUT2D eigenvalue weighted by molar-refractivity contribution is -0.113. The van der Waals surface area contributed by atoms with Crippen molar-refractivity contribution in [2.45, 2.75) is 19.6 Å². The van der Waals surface area contributed by atoms with Crippen LogP contribution in [0, 0.1) is 13.8 Å². The molecule has 0 aromatic heterocycles. The molecule has 0 unspecified atom stereocenters. The first-order valence-electron chi connectivity index (χ1n) is 6.63. The Labute approximate surface area is 124 Å². The monoisotopic (exact) mass is 285 g/mol. The average molecular weight is 285 g/mol. The van der Waals surface area contributed by atoms with Crippen LogP contribution >= 0.6 is 11.8 Å². The molecule has 2 aromatic rings. The lowest BCUT2D eigenvalue weighted by atomic mass is 10.1. The molecule has 104 valence electrons. The summed E-state index contributed by atoms with van der Waals surface area (Å²) in [6.45, 7) is 4.20. The second kappa shape index (κ2) is 7.15. The number of para-hydroxylation sites is 1. The molecule has 0 bridgehead atoms. The zero-order valence-corrected chi connectivity index (χ0v) is 12.7. The van der Waals surface area contributed by atoms with Crippen molar-refractivity contribution in [3.63, 3.8) is 0 Å². The third kappa shape index (κ3) is 4.74. The zero-order chi connectivity index (χ0) is 14.4. The molecular formula is C17H19NOS. The molecule has 0 spiro atoms. The van der Waals surface area contributed by atoms with Gasteiger partial charge in [0.25, 0.3) is 0 Å². The highest BCUT2D eigenvalue weighted by Crippen LogP contribution is 2.16. The Morgan fingerprint density at radius 1 is 1.05 bits per heavy atom. The van der Waals surface area contributed by atoms with Crippen LogP contribution in [0.1, 0.15) is 16.7 Å². The highest BCUT2D eigenvalue weighted by atomic mass is 32.2. The lowest BCUT2D eigenvalue weighted by Gasteiger charge is -2.06. The van der Waals surface area contributed by atoms with E-state index in [0.29, 0.717) is 5.75 Å². The Hall–Kier alpha value is -1.74. The molecule has 0 fully saturated rings. The van der Waals surface area contributed by atoms with Crippen molar-refractivity contribution in [1.82, 2.24) is 0 Å². The van der Waals surface area contributed by atoms with Crippen molar-refractivity contribution >= 4 is 23.4 Å². The summed E-state index contributed by atoms with van der Waals surface area (Å²) in [5.74, 6) is 1.39. The standard InChI is InChI=1S/C17H19NOS/c1-13-8-14(2)10-15(9-13)11-20-12-17(19)18-16-6-4-3-5-7-16/h3-10H,11-12H2,1-2H3,(H,18,19). The summed E-state index contributed by atoms with van der Waals surface area (Å²) in [6, 6.07) is 16.1. The van der Waals surface area contributed by atoms with E-state index < -0.39 is 0 Å². The van der Waals surface area contributed by atoms with E-state index in [0.717, 1.165) is 11.4 Å². The number of nitrogens with one attached hydrogen (secondary N) is 1. The molecule has 0 atom stereocenters. The minimum Gasteiger partial charge on any atom is -0.325 e. The highest BCUT2D eigenvalue weighted by molar-refractivity contribution is 7.99. The van der Waals surface area contributed by atoms with Gasteiger partial charge >= 0.3 is 0 Å². The van der Waals surface area contributed by atoms with Crippen molar-refractivity contribution in [3.05, 3.63) is 65.2 Å². The molecule has 2 rings (SSSR count). The number of hydrogen-bond acceptors (Lipinski definition) is 2. The van der Waals surface area contributed by atoms with Gasteiger partial charge in [0.15, 0.2) is 0 Å². The smallest absolute Gasteiger partial charge is 0.234 e. The summed E-state index contributed by atoms with van der Waals surface area (Å²) in [5.41, 5.74) is 4.67. The normalized spacial score (nSPS) is 10.3. The predicted molar refractivity (Wildman–Crippen MR) is 87.1 cm³/mol. The summed E-state index contributed by atoms with van der Waals surface area (Å²) in [5, 5.41) is 2.89. The topological polar surface area (TPSA) is 29.1 Å². The maximum absolute atomic E-state index is 11.8. The third-order valence-corrected chi connectivity index (χ3v) is 3.84. The van der Waals surface area contributed by atoms with Gasteiger partial charge in [0.05, 0.1) is 5.75 Å². The van der Waals surface area contributed by atoms with Crippen molar-refractivity contribution in [1.29, 1.82) is 0 Å². The number of rotatable bonds is 5. The fourth-order valence-corrected chi connectivity index (χ4v) is 2.89. The molecule has 1 amide bonds. The van der Waals surface area contributed by atoms with Crippen LogP contribution in [0.3, 0.4) is 0 Å². The highest BCUT2D eigenvalue weighted by Gasteiger charge is 2.03. The molecular weight excluding hydrogens is 266 g/mol. The van der Waals surface area contributed by atoms with Crippen LogP contribution in [-0.2, 0) is 10.5 Å². The van der Waals surface area contributed by atoms with Gasteiger partial charge in [-0.25, -0.2) is 0 Å². The van der Waals surface area contributed by atoms with Gasteiger partial charge in [-0.05, 0) is 31.5 Å². The van der Waals surface area contributed by atoms with Crippen molar-refractivity contribution < 1.29 is 4.79 Å². The number of carbonyl (C=O) groups is 1. The summed E-state index contributed by atoms with van der Waals surface area (Å²) in [4.78, 5) is 11.8. The fraction of sp³-hybridized carbons (Fsp3) is 0.235. The molecule has 20 heavy (non-hydrogen) atoms. The maximum Gasteiger partial charge on any atom is 0.234 e. The molecule has 2 aromatic carbocycles. The second-order valence-corrected chi connectivity index (χ2v) is 5.89. The van der Waals surface area contributed by atoms with E-state index in [2.05, 4.69) is 37.4 Å². The summed E-state index contributed by atoms with van der Waals surface area (Å²) >= 11 is 1.64. The second-order valence-electron chi connectivity index (χ2n) is 4.90. The van der Waals surface area contributed by atoms with E-state index in [1.54, 1.807) is 11.8 Å². The predicted octanol–water partition coefficient (Wildman–Crippen LogP) is 4.18. The van der Waals surface area contributed by atoms with Gasteiger partial charge in [0, 0.05) is 11.4 Å². The van der Waals surface area contributed by atoms with Crippen molar-refractivity contribution in [2.24, 2.45) is 0 Å². The van der Waals surface area contributed by atoms with E-state index in [1.165, 1.54) is 16.7 Å². The largest absolute Gasteiger partial charge is 0.325 e. The molecule has 0 saturated heterocycles. The van der Waals surface area contributed by atoms with Crippen LogP contribution in [0.15, 0.2) is 48.5 Å². The Bertz CT molecular complexity index is 561. The third-order valence-electron chi connectivity index (χ3n) is 2.84. The zero-order valence-electron chi connectivity index (χ0n) is 11.8. The number of amides is 1. The summed E-state index contributed by atoms with van der Waals surface area (Å²) in [7, 11) is 0. The lowest BCUT2D eigenvalue weighted by Crippen LogP contribution is -2.13. The Kier molecular flexibility index (Phi) is 5.24. The average Bonchev–Trinajstić information content (AvgIpc) is 2.38. The van der Waals surface area contributed by atoms with Gasteiger partial charge in [-0.15, -0.1) is 11.8 Å². The van der Waals surface area contributed by atoms with E-state index in [4.69, 9.17) is 0 Å². The van der Waals surface area contributed by atoms with Crippen LogP contribution < -0.4 is 5.32 Å². The number of benzene rings is 2. The van der Waals surface area contributed by atoms with E-state index in [1.807, 2.05) is 30.3 Å². The van der Waals surface area contributed by atoms with Gasteiger partial charge in [0.2, 0.25) is 5.91 Å². The summed E-state index contributed by atoms with van der Waals surface area (Å²) < 4.78 is 0. The first kappa shape index (κ1) is 14.7.